The molecule has 4 heteroatoms. The van der Waals surface area contributed by atoms with E-state index in [0.29, 0.717) is 6.61 Å². The van der Waals surface area contributed by atoms with Gasteiger partial charge < -0.3 is 19.4 Å². The van der Waals surface area contributed by atoms with Crippen molar-refractivity contribution >= 4 is 5.69 Å². The van der Waals surface area contributed by atoms with Crippen molar-refractivity contribution in [3.63, 3.8) is 0 Å². The predicted octanol–water partition coefficient (Wildman–Crippen LogP) is 3.53. The van der Waals surface area contributed by atoms with Crippen molar-refractivity contribution in [2.24, 2.45) is 0 Å². The first-order chi connectivity index (χ1) is 9.76. The van der Waals surface area contributed by atoms with E-state index in [1.807, 2.05) is 25.1 Å². The van der Waals surface area contributed by atoms with Gasteiger partial charge in [0.25, 0.3) is 0 Å². The molecule has 1 aromatic heterocycles. The van der Waals surface area contributed by atoms with Gasteiger partial charge in [-0.1, -0.05) is 0 Å². The summed E-state index contributed by atoms with van der Waals surface area (Å²) in [4.78, 5) is 0. The molecule has 108 valence electrons. The Bertz CT molecular complexity index is 549. The molecular weight excluding hydrogens is 252 g/mol. The zero-order valence-corrected chi connectivity index (χ0v) is 12.3. The molecule has 0 aliphatic rings. The third-order valence-electron chi connectivity index (χ3n) is 3.14. The molecule has 0 aliphatic carbocycles. The molecule has 0 atom stereocenters. The fourth-order valence-corrected chi connectivity index (χ4v) is 2.05. The van der Waals surface area contributed by atoms with Crippen molar-refractivity contribution in [3.05, 3.63) is 42.2 Å². The quantitative estimate of drug-likeness (QED) is 0.839. The second-order valence-electron chi connectivity index (χ2n) is 4.50. The van der Waals surface area contributed by atoms with E-state index < -0.39 is 0 Å². The number of anilines is 1. The smallest absolute Gasteiger partial charge is 0.162 e. The largest absolute Gasteiger partial charge is 0.493 e. The molecular formula is C16H22N2O2. The van der Waals surface area contributed by atoms with Crippen LogP contribution in [0.25, 0.3) is 0 Å². The monoisotopic (exact) mass is 274 g/mol. The standard InChI is InChI=1S/C16H22N2O2/c1-4-18-9-8-13(12-18)11-17-14-6-7-15(20-5-2)16(10-14)19-3/h6-10,12,17H,4-5,11H2,1-3H3. The minimum atomic E-state index is 0.633. The summed E-state index contributed by atoms with van der Waals surface area (Å²) < 4.78 is 13.0. The number of nitrogens with zero attached hydrogens (tertiary/aromatic N) is 1. The lowest BCUT2D eigenvalue weighted by molar-refractivity contribution is 0.311. The topological polar surface area (TPSA) is 35.4 Å². The van der Waals surface area contributed by atoms with Gasteiger partial charge in [-0.3, -0.25) is 0 Å². The van der Waals surface area contributed by atoms with Crippen LogP contribution in [0.1, 0.15) is 19.4 Å². The van der Waals surface area contributed by atoms with Crippen molar-refractivity contribution in [3.8, 4) is 11.5 Å². The average molecular weight is 274 g/mol. The Balaban J connectivity index is 2.02. The zero-order valence-electron chi connectivity index (χ0n) is 12.3. The maximum Gasteiger partial charge on any atom is 0.162 e. The van der Waals surface area contributed by atoms with Gasteiger partial charge in [0.05, 0.1) is 13.7 Å². The molecule has 0 aliphatic heterocycles. The van der Waals surface area contributed by atoms with Gasteiger partial charge in [0.15, 0.2) is 11.5 Å². The summed E-state index contributed by atoms with van der Waals surface area (Å²) in [5, 5.41) is 3.39. The Kier molecular flexibility index (Phi) is 4.93. The Morgan fingerprint density at radius 3 is 2.65 bits per heavy atom. The highest BCUT2D eigenvalue weighted by molar-refractivity contribution is 5.54. The minimum absolute atomic E-state index is 0.633. The highest BCUT2D eigenvalue weighted by Gasteiger charge is 2.05. The Morgan fingerprint density at radius 1 is 1.15 bits per heavy atom. The van der Waals surface area contributed by atoms with Gasteiger partial charge in [0, 0.05) is 37.2 Å². The first-order valence-corrected chi connectivity index (χ1v) is 6.96. The van der Waals surface area contributed by atoms with Crippen LogP contribution in [0, 0.1) is 0 Å². The first-order valence-electron chi connectivity index (χ1n) is 6.96. The third kappa shape index (κ3) is 3.47. The van der Waals surface area contributed by atoms with Crippen molar-refractivity contribution in [2.45, 2.75) is 26.9 Å². The van der Waals surface area contributed by atoms with E-state index in [4.69, 9.17) is 9.47 Å². The normalized spacial score (nSPS) is 10.3. The second kappa shape index (κ2) is 6.89. The third-order valence-corrected chi connectivity index (χ3v) is 3.14. The van der Waals surface area contributed by atoms with Crippen LogP contribution in [0.2, 0.25) is 0 Å². The van der Waals surface area contributed by atoms with Crippen LogP contribution in [0.5, 0.6) is 11.5 Å². The average Bonchev–Trinajstić information content (AvgIpc) is 2.94. The molecule has 1 heterocycles. The summed E-state index contributed by atoms with van der Waals surface area (Å²) >= 11 is 0. The molecule has 0 saturated heterocycles. The maximum absolute atomic E-state index is 5.51. The Hall–Kier alpha value is -2.10. The van der Waals surface area contributed by atoms with Crippen molar-refractivity contribution in [1.29, 1.82) is 0 Å². The summed E-state index contributed by atoms with van der Waals surface area (Å²) in [6, 6.07) is 8.02. The van der Waals surface area contributed by atoms with Crippen LogP contribution >= 0.6 is 0 Å². The van der Waals surface area contributed by atoms with Crippen molar-refractivity contribution in [1.82, 2.24) is 4.57 Å². The SMILES string of the molecule is CCOc1ccc(NCc2ccn(CC)c2)cc1OC. The van der Waals surface area contributed by atoms with Gasteiger partial charge in [0.2, 0.25) is 0 Å². The number of methoxy groups -OCH3 is 1. The molecule has 0 amide bonds. The van der Waals surface area contributed by atoms with Crippen LogP contribution in [-0.2, 0) is 13.1 Å². The van der Waals surface area contributed by atoms with Crippen LogP contribution in [0.4, 0.5) is 5.69 Å². The van der Waals surface area contributed by atoms with Crippen LogP contribution in [-0.4, -0.2) is 18.3 Å². The highest BCUT2D eigenvalue weighted by atomic mass is 16.5. The molecule has 4 nitrogen and oxygen atoms in total. The summed E-state index contributed by atoms with van der Waals surface area (Å²) in [6.07, 6.45) is 4.24. The highest BCUT2D eigenvalue weighted by Crippen LogP contribution is 2.30. The number of aromatic nitrogens is 1. The van der Waals surface area contributed by atoms with Crippen molar-refractivity contribution in [2.75, 3.05) is 19.0 Å². The van der Waals surface area contributed by atoms with E-state index in [-0.39, 0.29) is 0 Å². The molecule has 1 aromatic carbocycles. The molecule has 0 fully saturated rings. The van der Waals surface area contributed by atoms with Crippen LogP contribution < -0.4 is 14.8 Å². The lowest BCUT2D eigenvalue weighted by Gasteiger charge is -2.12. The van der Waals surface area contributed by atoms with Gasteiger partial charge in [-0.2, -0.15) is 0 Å². The molecule has 2 rings (SSSR count). The molecule has 0 radical (unpaired) electrons. The summed E-state index contributed by atoms with van der Waals surface area (Å²) in [5.74, 6) is 1.53. The number of nitrogens with one attached hydrogen (secondary N) is 1. The number of ether oxygens (including phenoxy) is 2. The van der Waals surface area contributed by atoms with Gasteiger partial charge >= 0.3 is 0 Å². The molecule has 0 unspecified atom stereocenters. The lowest BCUT2D eigenvalue weighted by Crippen LogP contribution is -2.00. The number of benzene rings is 1. The Morgan fingerprint density at radius 2 is 2.00 bits per heavy atom. The fraction of sp³-hybridized carbons (Fsp3) is 0.375. The van der Waals surface area contributed by atoms with Crippen LogP contribution in [0.15, 0.2) is 36.7 Å². The maximum atomic E-state index is 5.51. The van der Waals surface area contributed by atoms with Gasteiger partial charge in [-0.05, 0) is 37.6 Å². The van der Waals surface area contributed by atoms with Crippen molar-refractivity contribution < 1.29 is 9.47 Å². The second-order valence-corrected chi connectivity index (χ2v) is 4.50. The van der Waals surface area contributed by atoms with E-state index in [0.717, 1.165) is 30.3 Å². The molecule has 0 bridgehead atoms. The van der Waals surface area contributed by atoms with Crippen LogP contribution in [0.3, 0.4) is 0 Å². The zero-order chi connectivity index (χ0) is 14.4. The predicted molar refractivity (Wildman–Crippen MR) is 81.6 cm³/mol. The lowest BCUT2D eigenvalue weighted by atomic mass is 10.2. The first kappa shape index (κ1) is 14.3. The summed E-state index contributed by atoms with van der Waals surface area (Å²) in [5.41, 5.74) is 2.29. The van der Waals surface area contributed by atoms with E-state index in [2.05, 4.69) is 35.3 Å². The number of aryl methyl sites for hydroxylation is 1. The van der Waals surface area contributed by atoms with E-state index in [1.165, 1.54) is 5.56 Å². The summed E-state index contributed by atoms with van der Waals surface area (Å²) in [7, 11) is 1.66. The van der Waals surface area contributed by atoms with E-state index in [1.54, 1.807) is 7.11 Å². The number of rotatable bonds is 7. The fourth-order valence-electron chi connectivity index (χ4n) is 2.05. The molecule has 0 spiro atoms. The molecule has 20 heavy (non-hydrogen) atoms. The van der Waals surface area contributed by atoms with Gasteiger partial charge in [-0.25, -0.2) is 0 Å². The van der Waals surface area contributed by atoms with Gasteiger partial charge in [-0.15, -0.1) is 0 Å². The van der Waals surface area contributed by atoms with E-state index >= 15 is 0 Å². The molecule has 0 saturated carbocycles. The van der Waals surface area contributed by atoms with E-state index in [9.17, 15) is 0 Å². The number of hydrogen-bond donors (Lipinski definition) is 1. The minimum Gasteiger partial charge on any atom is -0.493 e. The molecule has 2 aromatic rings. The summed E-state index contributed by atoms with van der Waals surface area (Å²) in [6.45, 7) is 6.52. The number of hydrogen-bond acceptors (Lipinski definition) is 3. The van der Waals surface area contributed by atoms with Gasteiger partial charge in [0.1, 0.15) is 0 Å². The Labute approximate surface area is 120 Å². The molecule has 1 N–H and O–H groups in total.